The van der Waals surface area contributed by atoms with Crippen LogP contribution in [-0.2, 0) is 4.74 Å². The van der Waals surface area contributed by atoms with Gasteiger partial charge in [0.25, 0.3) is 0 Å². The van der Waals surface area contributed by atoms with Gasteiger partial charge in [-0.3, -0.25) is 9.38 Å². The predicted molar refractivity (Wildman–Crippen MR) is 144 cm³/mol. The van der Waals surface area contributed by atoms with E-state index in [2.05, 4.69) is 70.1 Å². The summed E-state index contributed by atoms with van der Waals surface area (Å²) < 4.78 is 9.87. The molecule has 0 spiro atoms. The fourth-order valence-electron chi connectivity index (χ4n) is 5.21. The summed E-state index contributed by atoms with van der Waals surface area (Å²) in [4.78, 5) is 14.8. The molecule has 9 nitrogen and oxygen atoms in total. The minimum Gasteiger partial charge on any atom is -0.381 e. The van der Waals surface area contributed by atoms with Crippen molar-refractivity contribution in [2.75, 3.05) is 18.5 Å². The number of benzene rings is 1. The SMILES string of the molecule is Cc1nnc2c(NC(C)C)nc(-c3nc4ccc(C5CCOCC5)cc4n3[C@@H](C)c3ccccn3)cn12. The zero-order chi connectivity index (χ0) is 25.5. The van der Waals surface area contributed by atoms with Crippen molar-refractivity contribution in [1.82, 2.24) is 34.1 Å². The Morgan fingerprint density at radius 3 is 2.62 bits per heavy atom. The molecule has 0 radical (unpaired) electrons. The molecule has 0 saturated carbocycles. The second kappa shape index (κ2) is 9.55. The molecule has 0 bridgehead atoms. The van der Waals surface area contributed by atoms with Gasteiger partial charge in [0, 0.05) is 31.6 Å². The number of aromatic nitrogens is 7. The number of aryl methyl sites for hydroxylation is 1. The Hall–Kier alpha value is -3.85. The second-order valence-electron chi connectivity index (χ2n) is 10.1. The summed E-state index contributed by atoms with van der Waals surface area (Å²) in [7, 11) is 0. The normalized spacial score (nSPS) is 15.6. The Labute approximate surface area is 216 Å². The smallest absolute Gasteiger partial charge is 0.203 e. The summed E-state index contributed by atoms with van der Waals surface area (Å²) in [6, 6.07) is 12.8. The molecule has 5 heterocycles. The zero-order valence-corrected chi connectivity index (χ0v) is 21.7. The van der Waals surface area contributed by atoms with Crippen LogP contribution in [0.4, 0.5) is 5.82 Å². The van der Waals surface area contributed by atoms with E-state index in [1.165, 1.54) is 5.56 Å². The Balaban J connectivity index is 1.58. The van der Waals surface area contributed by atoms with Crippen LogP contribution in [0.5, 0.6) is 0 Å². The van der Waals surface area contributed by atoms with Crippen molar-refractivity contribution in [3.05, 3.63) is 65.9 Å². The largest absolute Gasteiger partial charge is 0.381 e. The highest BCUT2D eigenvalue weighted by molar-refractivity contribution is 5.82. The van der Waals surface area contributed by atoms with Crippen molar-refractivity contribution in [1.29, 1.82) is 0 Å². The van der Waals surface area contributed by atoms with Crippen molar-refractivity contribution in [3.8, 4) is 11.5 Å². The van der Waals surface area contributed by atoms with Crippen LogP contribution in [0.3, 0.4) is 0 Å². The summed E-state index contributed by atoms with van der Waals surface area (Å²) >= 11 is 0. The number of nitrogens with zero attached hydrogens (tertiary/aromatic N) is 7. The Morgan fingerprint density at radius 1 is 1.03 bits per heavy atom. The molecule has 0 amide bonds. The Morgan fingerprint density at radius 2 is 1.86 bits per heavy atom. The standard InChI is InChI=1S/C28H32N8O/c1-17(2)30-26-28-34-33-19(4)35(28)16-24(31-26)27-32-23-9-8-21(20-10-13-37-14-11-20)15-25(23)36(27)18(3)22-7-5-6-12-29-22/h5-9,12,15-18,20H,10-11,13-14H2,1-4H3,(H,30,31)/t18-/m0/s1. The first-order valence-corrected chi connectivity index (χ1v) is 13.0. The fourth-order valence-corrected chi connectivity index (χ4v) is 5.21. The monoisotopic (exact) mass is 496 g/mol. The number of hydrogen-bond donors (Lipinski definition) is 1. The molecule has 5 aromatic rings. The number of ether oxygens (including phenoxy) is 1. The molecule has 37 heavy (non-hydrogen) atoms. The van der Waals surface area contributed by atoms with Crippen molar-refractivity contribution < 1.29 is 4.74 Å². The summed E-state index contributed by atoms with van der Waals surface area (Å²) in [5.41, 5.74) is 5.79. The first-order chi connectivity index (χ1) is 18.0. The van der Waals surface area contributed by atoms with Crippen molar-refractivity contribution in [3.63, 3.8) is 0 Å². The number of rotatable bonds is 6. The molecule has 0 aliphatic carbocycles. The van der Waals surface area contributed by atoms with Crippen LogP contribution >= 0.6 is 0 Å². The predicted octanol–water partition coefficient (Wildman–Crippen LogP) is 5.17. The minimum absolute atomic E-state index is 0.0489. The van der Waals surface area contributed by atoms with E-state index in [9.17, 15) is 0 Å². The quantitative estimate of drug-likeness (QED) is 0.347. The molecular formula is C28H32N8O. The number of anilines is 1. The van der Waals surface area contributed by atoms with Gasteiger partial charge in [-0.25, -0.2) is 9.97 Å². The molecule has 1 saturated heterocycles. The molecular weight excluding hydrogens is 464 g/mol. The van der Waals surface area contributed by atoms with E-state index in [0.717, 1.165) is 60.1 Å². The lowest BCUT2D eigenvalue weighted by atomic mass is 9.91. The van der Waals surface area contributed by atoms with E-state index in [1.807, 2.05) is 35.9 Å². The highest BCUT2D eigenvalue weighted by Gasteiger charge is 2.24. The van der Waals surface area contributed by atoms with Gasteiger partial charge < -0.3 is 14.6 Å². The molecule has 1 atom stereocenters. The zero-order valence-electron chi connectivity index (χ0n) is 21.7. The molecule has 6 rings (SSSR count). The number of hydrogen-bond acceptors (Lipinski definition) is 7. The minimum atomic E-state index is -0.0489. The van der Waals surface area contributed by atoms with Crippen LogP contribution in [0.25, 0.3) is 28.2 Å². The molecule has 9 heteroatoms. The van der Waals surface area contributed by atoms with E-state index < -0.39 is 0 Å². The molecule has 190 valence electrons. The fraction of sp³-hybridized carbons (Fsp3) is 0.393. The average molecular weight is 497 g/mol. The molecule has 1 aromatic carbocycles. The van der Waals surface area contributed by atoms with Crippen LogP contribution < -0.4 is 5.32 Å². The van der Waals surface area contributed by atoms with Gasteiger partial charge in [-0.2, -0.15) is 0 Å². The lowest BCUT2D eigenvalue weighted by Gasteiger charge is -2.23. The molecule has 0 unspecified atom stereocenters. The first-order valence-electron chi connectivity index (χ1n) is 13.0. The summed E-state index contributed by atoms with van der Waals surface area (Å²) in [6.45, 7) is 9.91. The molecule has 1 N–H and O–H groups in total. The summed E-state index contributed by atoms with van der Waals surface area (Å²) in [6.07, 6.45) is 5.90. The summed E-state index contributed by atoms with van der Waals surface area (Å²) in [5.74, 6) is 2.78. The van der Waals surface area contributed by atoms with Gasteiger partial charge in [0.2, 0.25) is 5.65 Å². The van der Waals surface area contributed by atoms with Crippen molar-refractivity contribution in [2.45, 2.75) is 58.5 Å². The van der Waals surface area contributed by atoms with Crippen LogP contribution in [-0.4, -0.2) is 53.4 Å². The van der Waals surface area contributed by atoms with Crippen molar-refractivity contribution >= 4 is 22.5 Å². The van der Waals surface area contributed by atoms with E-state index in [4.69, 9.17) is 14.7 Å². The highest BCUT2D eigenvalue weighted by Crippen LogP contribution is 2.35. The average Bonchev–Trinajstić information content (AvgIpc) is 3.49. The van der Waals surface area contributed by atoms with Gasteiger partial charge in [0.1, 0.15) is 11.5 Å². The van der Waals surface area contributed by atoms with Crippen LogP contribution in [0.1, 0.15) is 62.7 Å². The third-order valence-electron chi connectivity index (χ3n) is 7.13. The molecule has 1 aliphatic rings. The van der Waals surface area contributed by atoms with Crippen LogP contribution in [0, 0.1) is 6.92 Å². The number of pyridine rings is 1. The van der Waals surface area contributed by atoms with Gasteiger partial charge in [-0.1, -0.05) is 12.1 Å². The van der Waals surface area contributed by atoms with Gasteiger partial charge >= 0.3 is 0 Å². The van der Waals surface area contributed by atoms with Crippen molar-refractivity contribution in [2.24, 2.45) is 0 Å². The third kappa shape index (κ3) is 4.33. The Bertz CT molecular complexity index is 1550. The number of nitrogens with one attached hydrogen (secondary N) is 1. The second-order valence-corrected chi connectivity index (χ2v) is 10.1. The lowest BCUT2D eigenvalue weighted by Crippen LogP contribution is -2.15. The van der Waals surface area contributed by atoms with E-state index >= 15 is 0 Å². The number of fused-ring (bicyclic) bond motifs is 2. The molecule has 1 fully saturated rings. The van der Waals surface area contributed by atoms with Gasteiger partial charge in [-0.15, -0.1) is 10.2 Å². The Kier molecular flexibility index (Phi) is 6.08. The number of imidazole rings is 1. The van der Waals surface area contributed by atoms with Crippen LogP contribution in [0.15, 0.2) is 48.8 Å². The van der Waals surface area contributed by atoms with Crippen LogP contribution in [0.2, 0.25) is 0 Å². The molecule has 1 aliphatic heterocycles. The van der Waals surface area contributed by atoms with Gasteiger partial charge in [0.15, 0.2) is 11.6 Å². The maximum absolute atomic E-state index is 5.61. The maximum Gasteiger partial charge on any atom is 0.203 e. The maximum atomic E-state index is 5.61. The molecule has 4 aromatic heterocycles. The van der Waals surface area contributed by atoms with E-state index in [-0.39, 0.29) is 12.1 Å². The van der Waals surface area contributed by atoms with E-state index in [0.29, 0.717) is 17.4 Å². The van der Waals surface area contributed by atoms with Gasteiger partial charge in [-0.05, 0) is 76.3 Å². The topological polar surface area (TPSA) is 95.0 Å². The lowest BCUT2D eigenvalue weighted by molar-refractivity contribution is 0.0853. The third-order valence-corrected chi connectivity index (χ3v) is 7.13. The summed E-state index contributed by atoms with van der Waals surface area (Å²) in [5, 5.41) is 12.1. The van der Waals surface area contributed by atoms with E-state index in [1.54, 1.807) is 0 Å². The first kappa shape index (κ1) is 23.5. The highest BCUT2D eigenvalue weighted by atomic mass is 16.5. The van der Waals surface area contributed by atoms with Gasteiger partial charge in [0.05, 0.1) is 22.8 Å².